The molecule has 9 heteroatoms. The summed E-state index contributed by atoms with van der Waals surface area (Å²) in [6, 6.07) is 9.12. The van der Waals surface area contributed by atoms with Crippen molar-refractivity contribution in [2.75, 3.05) is 7.11 Å². The van der Waals surface area contributed by atoms with Crippen LogP contribution in [0.4, 0.5) is 8.78 Å². The standard InChI is InChI=1S/C19H15BrF2N2O4/c1-9(27-13-8-7-12(21)14(15(13)22)18(23)25)19-24-16(17(20)28-19)10-3-5-11(26-2)6-4-10/h3-9H,1-2H3,(H2,23,25)/t9-/m0/s1. The molecular weight excluding hydrogens is 438 g/mol. The first-order valence-corrected chi connectivity index (χ1v) is 8.86. The van der Waals surface area contributed by atoms with Gasteiger partial charge in [0.2, 0.25) is 5.89 Å². The number of aromatic nitrogens is 1. The van der Waals surface area contributed by atoms with E-state index in [2.05, 4.69) is 20.9 Å². The molecule has 0 aliphatic carbocycles. The van der Waals surface area contributed by atoms with Crippen molar-refractivity contribution in [3.63, 3.8) is 0 Å². The lowest BCUT2D eigenvalue weighted by atomic mass is 10.1. The number of hydrogen-bond donors (Lipinski definition) is 1. The van der Waals surface area contributed by atoms with Gasteiger partial charge in [-0.3, -0.25) is 4.79 Å². The topological polar surface area (TPSA) is 87.6 Å². The maximum absolute atomic E-state index is 14.3. The largest absolute Gasteiger partial charge is 0.497 e. The molecule has 2 aromatic carbocycles. The second-order valence-corrected chi connectivity index (χ2v) is 6.48. The predicted molar refractivity (Wildman–Crippen MR) is 100 cm³/mol. The Labute approximate surface area is 167 Å². The van der Waals surface area contributed by atoms with Crippen LogP contribution in [-0.2, 0) is 0 Å². The maximum Gasteiger partial charge on any atom is 0.254 e. The summed E-state index contributed by atoms with van der Waals surface area (Å²) in [6.45, 7) is 1.57. The van der Waals surface area contributed by atoms with E-state index in [9.17, 15) is 13.6 Å². The van der Waals surface area contributed by atoms with Gasteiger partial charge in [-0.05, 0) is 59.3 Å². The molecule has 0 saturated heterocycles. The number of oxazole rings is 1. The molecule has 1 amide bonds. The van der Waals surface area contributed by atoms with Crippen LogP contribution in [0.2, 0.25) is 0 Å². The Morgan fingerprint density at radius 1 is 1.21 bits per heavy atom. The molecule has 1 heterocycles. The SMILES string of the molecule is COc1ccc(-c2nc([C@H](C)Oc3ccc(F)c(C(N)=O)c3F)oc2Br)cc1. The molecule has 0 aliphatic heterocycles. The molecule has 2 N–H and O–H groups in total. The lowest BCUT2D eigenvalue weighted by molar-refractivity contribution is 0.0989. The van der Waals surface area contributed by atoms with Crippen LogP contribution in [0.1, 0.15) is 29.3 Å². The number of methoxy groups -OCH3 is 1. The Kier molecular flexibility index (Phi) is 5.64. The quantitative estimate of drug-likeness (QED) is 0.588. The molecule has 0 fully saturated rings. The zero-order valence-corrected chi connectivity index (χ0v) is 16.4. The highest BCUT2D eigenvalue weighted by molar-refractivity contribution is 9.10. The zero-order valence-electron chi connectivity index (χ0n) is 14.8. The number of halogens is 3. The van der Waals surface area contributed by atoms with Crippen LogP contribution in [0.3, 0.4) is 0 Å². The zero-order chi connectivity index (χ0) is 20.4. The van der Waals surface area contributed by atoms with E-state index in [0.717, 1.165) is 17.7 Å². The normalized spacial score (nSPS) is 11.9. The van der Waals surface area contributed by atoms with Crippen LogP contribution in [0.15, 0.2) is 45.5 Å². The third-order valence-electron chi connectivity index (χ3n) is 3.92. The van der Waals surface area contributed by atoms with E-state index in [1.165, 1.54) is 0 Å². The fourth-order valence-electron chi connectivity index (χ4n) is 2.51. The minimum absolute atomic E-state index is 0.155. The Morgan fingerprint density at radius 2 is 1.89 bits per heavy atom. The van der Waals surface area contributed by atoms with Gasteiger partial charge in [0.1, 0.15) is 22.8 Å². The first-order valence-electron chi connectivity index (χ1n) is 8.07. The number of benzene rings is 2. The van der Waals surface area contributed by atoms with Crippen molar-refractivity contribution in [1.29, 1.82) is 0 Å². The molecule has 3 aromatic rings. The molecule has 0 bridgehead atoms. The van der Waals surface area contributed by atoms with Crippen molar-refractivity contribution in [2.45, 2.75) is 13.0 Å². The summed E-state index contributed by atoms with van der Waals surface area (Å²) in [5.41, 5.74) is 5.43. The second-order valence-electron chi connectivity index (χ2n) is 5.76. The van der Waals surface area contributed by atoms with Gasteiger partial charge in [-0.25, -0.2) is 13.8 Å². The molecular formula is C19H15BrF2N2O4. The number of hydrogen-bond acceptors (Lipinski definition) is 5. The van der Waals surface area contributed by atoms with Gasteiger partial charge >= 0.3 is 0 Å². The smallest absolute Gasteiger partial charge is 0.254 e. The number of ether oxygens (including phenoxy) is 2. The van der Waals surface area contributed by atoms with Crippen LogP contribution >= 0.6 is 15.9 Å². The molecule has 6 nitrogen and oxygen atoms in total. The van der Waals surface area contributed by atoms with E-state index >= 15 is 0 Å². The first kappa shape index (κ1) is 19.8. The minimum atomic E-state index is -1.23. The average molecular weight is 453 g/mol. The highest BCUT2D eigenvalue weighted by Crippen LogP contribution is 2.34. The van der Waals surface area contributed by atoms with Gasteiger partial charge in [0.25, 0.3) is 5.91 Å². The van der Waals surface area contributed by atoms with E-state index in [1.807, 2.05) is 0 Å². The molecule has 0 aliphatic rings. The third-order valence-corrected chi connectivity index (χ3v) is 4.46. The number of carbonyl (C=O) groups is 1. The van der Waals surface area contributed by atoms with Gasteiger partial charge in [-0.2, -0.15) is 0 Å². The Morgan fingerprint density at radius 3 is 2.50 bits per heavy atom. The first-order chi connectivity index (χ1) is 13.3. The van der Waals surface area contributed by atoms with E-state index in [4.69, 9.17) is 19.6 Å². The summed E-state index contributed by atoms with van der Waals surface area (Å²) in [7, 11) is 1.57. The molecule has 3 rings (SSSR count). The molecule has 146 valence electrons. The number of nitrogens with zero attached hydrogens (tertiary/aromatic N) is 1. The van der Waals surface area contributed by atoms with E-state index in [1.54, 1.807) is 38.3 Å². The molecule has 0 radical (unpaired) electrons. The fraction of sp³-hybridized carbons (Fsp3) is 0.158. The van der Waals surface area contributed by atoms with Crippen LogP contribution in [0, 0.1) is 11.6 Å². The average Bonchev–Trinajstić information content (AvgIpc) is 3.06. The van der Waals surface area contributed by atoms with Crippen LogP contribution in [0.25, 0.3) is 11.3 Å². The van der Waals surface area contributed by atoms with Crippen molar-refractivity contribution in [3.05, 3.63) is 64.2 Å². The summed E-state index contributed by atoms with van der Waals surface area (Å²) in [4.78, 5) is 15.6. The molecule has 0 spiro atoms. The summed E-state index contributed by atoms with van der Waals surface area (Å²) < 4.78 is 44.5. The van der Waals surface area contributed by atoms with E-state index in [-0.39, 0.29) is 11.6 Å². The van der Waals surface area contributed by atoms with Gasteiger partial charge in [-0.1, -0.05) is 0 Å². The summed E-state index contributed by atoms with van der Waals surface area (Å²) >= 11 is 3.30. The molecule has 0 unspecified atom stereocenters. The Balaban J connectivity index is 1.87. The fourth-order valence-corrected chi connectivity index (χ4v) is 2.99. The lowest BCUT2D eigenvalue weighted by Gasteiger charge is -2.13. The van der Waals surface area contributed by atoms with Crippen molar-refractivity contribution >= 4 is 21.8 Å². The Hall–Kier alpha value is -2.94. The molecule has 1 aromatic heterocycles. The van der Waals surface area contributed by atoms with Gasteiger partial charge in [0.15, 0.2) is 22.3 Å². The van der Waals surface area contributed by atoms with Crippen molar-refractivity contribution in [2.24, 2.45) is 5.73 Å². The third kappa shape index (κ3) is 3.84. The number of nitrogens with two attached hydrogens (primary N) is 1. The number of primary amides is 1. The minimum Gasteiger partial charge on any atom is -0.497 e. The predicted octanol–water partition coefficient (Wildman–Crippen LogP) is 4.63. The second kappa shape index (κ2) is 7.97. The Bertz CT molecular complexity index is 1020. The van der Waals surface area contributed by atoms with Gasteiger partial charge in [0, 0.05) is 5.56 Å². The van der Waals surface area contributed by atoms with Crippen molar-refractivity contribution < 1.29 is 27.5 Å². The van der Waals surface area contributed by atoms with Crippen molar-refractivity contribution in [1.82, 2.24) is 4.98 Å². The molecule has 28 heavy (non-hydrogen) atoms. The number of amides is 1. The monoisotopic (exact) mass is 452 g/mol. The highest BCUT2D eigenvalue weighted by Gasteiger charge is 2.24. The van der Waals surface area contributed by atoms with Crippen LogP contribution in [0.5, 0.6) is 11.5 Å². The van der Waals surface area contributed by atoms with E-state index < -0.39 is 29.2 Å². The van der Waals surface area contributed by atoms with Gasteiger partial charge in [-0.15, -0.1) is 0 Å². The van der Waals surface area contributed by atoms with Crippen molar-refractivity contribution in [3.8, 4) is 22.8 Å². The highest BCUT2D eigenvalue weighted by atomic mass is 79.9. The summed E-state index contributed by atoms with van der Waals surface area (Å²) in [5.74, 6) is -2.97. The van der Waals surface area contributed by atoms with Crippen LogP contribution in [-0.4, -0.2) is 18.0 Å². The summed E-state index contributed by atoms with van der Waals surface area (Å²) in [6.07, 6.45) is -0.830. The molecule has 1 atom stereocenters. The van der Waals surface area contributed by atoms with Gasteiger partial charge < -0.3 is 19.6 Å². The number of carbonyl (C=O) groups excluding carboxylic acids is 1. The maximum atomic E-state index is 14.3. The number of rotatable bonds is 6. The molecule has 0 saturated carbocycles. The van der Waals surface area contributed by atoms with Crippen LogP contribution < -0.4 is 15.2 Å². The van der Waals surface area contributed by atoms with E-state index in [0.29, 0.717) is 16.1 Å². The lowest BCUT2D eigenvalue weighted by Crippen LogP contribution is -2.16. The summed E-state index contributed by atoms with van der Waals surface area (Å²) in [5, 5.41) is 0. The van der Waals surface area contributed by atoms with Gasteiger partial charge in [0.05, 0.1) is 7.11 Å².